The number of anilines is 2. The molecular weight excluding hydrogens is 236 g/mol. The normalized spacial score (nSPS) is 15.9. The fourth-order valence-electron chi connectivity index (χ4n) is 2.01. The van der Waals surface area contributed by atoms with E-state index in [0.29, 0.717) is 11.7 Å². The van der Waals surface area contributed by atoms with Gasteiger partial charge in [-0.3, -0.25) is 0 Å². The molecular formula is C12H18N2O2S. The molecule has 0 saturated heterocycles. The second-order valence-electron chi connectivity index (χ2n) is 4.80. The predicted octanol–water partition coefficient (Wildman–Crippen LogP) is 1.41. The molecule has 0 amide bonds. The van der Waals surface area contributed by atoms with Crippen LogP contribution in [0.3, 0.4) is 0 Å². The van der Waals surface area contributed by atoms with Crippen molar-refractivity contribution in [3.05, 3.63) is 23.8 Å². The van der Waals surface area contributed by atoms with Crippen LogP contribution in [-0.4, -0.2) is 27.8 Å². The van der Waals surface area contributed by atoms with Crippen molar-refractivity contribution in [1.29, 1.82) is 0 Å². The van der Waals surface area contributed by atoms with Crippen LogP contribution in [0.5, 0.6) is 0 Å². The molecule has 17 heavy (non-hydrogen) atoms. The highest BCUT2D eigenvalue weighted by molar-refractivity contribution is 7.89. The maximum absolute atomic E-state index is 11.4. The first kappa shape index (κ1) is 12.2. The van der Waals surface area contributed by atoms with Crippen molar-refractivity contribution in [2.45, 2.75) is 24.6 Å². The molecule has 0 unspecified atom stereocenters. The van der Waals surface area contributed by atoms with Crippen LogP contribution in [0.15, 0.2) is 18.2 Å². The molecule has 2 rings (SSSR count). The van der Waals surface area contributed by atoms with Crippen LogP contribution in [0.2, 0.25) is 0 Å². The molecule has 94 valence electrons. The summed E-state index contributed by atoms with van der Waals surface area (Å²) in [7, 11) is -1.03. The summed E-state index contributed by atoms with van der Waals surface area (Å²) in [6.45, 7) is 0. The Morgan fingerprint density at radius 3 is 2.59 bits per heavy atom. The molecule has 0 radical (unpaired) electrons. The molecule has 1 fully saturated rings. The average Bonchev–Trinajstić information content (AvgIpc) is 2.97. The van der Waals surface area contributed by atoms with Gasteiger partial charge in [0.05, 0.1) is 5.75 Å². The second-order valence-corrected chi connectivity index (χ2v) is 6.94. The Balaban J connectivity index is 2.36. The number of nitrogen functional groups attached to an aromatic ring is 1. The summed E-state index contributed by atoms with van der Waals surface area (Å²) in [6, 6.07) is 6.04. The first-order valence-corrected chi connectivity index (χ1v) is 7.72. The molecule has 1 aliphatic rings. The van der Waals surface area contributed by atoms with Gasteiger partial charge in [-0.2, -0.15) is 0 Å². The number of nitrogens with two attached hydrogens (primary N) is 1. The largest absolute Gasteiger partial charge is 0.399 e. The van der Waals surface area contributed by atoms with Crippen LogP contribution < -0.4 is 10.6 Å². The number of hydrogen-bond acceptors (Lipinski definition) is 4. The number of rotatable bonds is 4. The first-order chi connectivity index (χ1) is 7.87. The van der Waals surface area contributed by atoms with Gasteiger partial charge in [0, 0.05) is 30.7 Å². The zero-order valence-corrected chi connectivity index (χ0v) is 11.0. The van der Waals surface area contributed by atoms with E-state index >= 15 is 0 Å². The van der Waals surface area contributed by atoms with E-state index in [9.17, 15) is 8.42 Å². The molecule has 0 aromatic heterocycles. The topological polar surface area (TPSA) is 63.4 Å². The summed E-state index contributed by atoms with van der Waals surface area (Å²) < 4.78 is 22.8. The van der Waals surface area contributed by atoms with Gasteiger partial charge >= 0.3 is 0 Å². The molecule has 1 aromatic carbocycles. The van der Waals surface area contributed by atoms with E-state index in [0.717, 1.165) is 11.3 Å². The molecule has 5 heteroatoms. The lowest BCUT2D eigenvalue weighted by molar-refractivity contribution is 0.601. The lowest BCUT2D eigenvalue weighted by atomic mass is 10.1. The number of sulfone groups is 1. The number of nitrogens with zero attached hydrogens (tertiary/aromatic N) is 1. The Labute approximate surface area is 102 Å². The van der Waals surface area contributed by atoms with Crippen LogP contribution in [0.1, 0.15) is 18.4 Å². The Morgan fingerprint density at radius 1 is 1.41 bits per heavy atom. The fourth-order valence-corrected chi connectivity index (χ4v) is 2.80. The molecule has 4 nitrogen and oxygen atoms in total. The molecule has 0 atom stereocenters. The van der Waals surface area contributed by atoms with Crippen molar-refractivity contribution in [1.82, 2.24) is 0 Å². The molecule has 0 bridgehead atoms. The molecule has 0 spiro atoms. The minimum Gasteiger partial charge on any atom is -0.399 e. The highest BCUT2D eigenvalue weighted by atomic mass is 32.2. The summed E-state index contributed by atoms with van der Waals surface area (Å²) in [5.74, 6) is 0.0461. The van der Waals surface area contributed by atoms with Crippen molar-refractivity contribution < 1.29 is 8.42 Å². The highest BCUT2D eigenvalue weighted by Crippen LogP contribution is 2.33. The van der Waals surface area contributed by atoms with Crippen molar-refractivity contribution >= 4 is 21.2 Å². The SMILES string of the molecule is CN(c1ccc(N)cc1CS(C)(=O)=O)C1CC1. The van der Waals surface area contributed by atoms with Crippen LogP contribution in [0.25, 0.3) is 0 Å². The zero-order valence-electron chi connectivity index (χ0n) is 10.2. The number of benzene rings is 1. The Hall–Kier alpha value is -1.23. The molecule has 0 aliphatic heterocycles. The van der Waals surface area contributed by atoms with Crippen LogP contribution in [0, 0.1) is 0 Å². The number of hydrogen-bond donors (Lipinski definition) is 1. The fraction of sp³-hybridized carbons (Fsp3) is 0.500. The minimum atomic E-state index is -3.04. The second kappa shape index (κ2) is 4.22. The highest BCUT2D eigenvalue weighted by Gasteiger charge is 2.28. The summed E-state index contributed by atoms with van der Waals surface area (Å²) in [5, 5.41) is 0. The quantitative estimate of drug-likeness (QED) is 0.825. The van der Waals surface area contributed by atoms with Gasteiger partial charge in [0.2, 0.25) is 0 Å². The Kier molecular flexibility index (Phi) is 3.03. The Bertz CT molecular complexity index is 521. The molecule has 1 saturated carbocycles. The maximum atomic E-state index is 11.4. The van der Waals surface area contributed by atoms with E-state index < -0.39 is 9.84 Å². The standard InChI is InChI=1S/C12H18N2O2S/c1-14(11-4-5-11)12-6-3-10(13)7-9(12)8-17(2,15)16/h3,6-7,11H,4-5,8,13H2,1-2H3. The molecule has 2 N–H and O–H groups in total. The molecule has 1 aromatic rings. The monoisotopic (exact) mass is 254 g/mol. The lowest BCUT2D eigenvalue weighted by Crippen LogP contribution is -2.21. The molecule has 0 heterocycles. The van der Waals surface area contributed by atoms with Gasteiger partial charge in [0.1, 0.15) is 0 Å². The van der Waals surface area contributed by atoms with Gasteiger partial charge in [-0.25, -0.2) is 8.42 Å². The van der Waals surface area contributed by atoms with E-state index in [1.165, 1.54) is 19.1 Å². The van der Waals surface area contributed by atoms with Gasteiger partial charge in [0.25, 0.3) is 0 Å². The first-order valence-electron chi connectivity index (χ1n) is 5.66. The van der Waals surface area contributed by atoms with E-state index in [2.05, 4.69) is 4.90 Å². The Morgan fingerprint density at radius 2 is 2.06 bits per heavy atom. The maximum Gasteiger partial charge on any atom is 0.151 e. The third kappa shape index (κ3) is 3.12. The third-order valence-electron chi connectivity index (χ3n) is 3.00. The smallest absolute Gasteiger partial charge is 0.151 e. The van der Waals surface area contributed by atoms with E-state index in [-0.39, 0.29) is 5.75 Å². The van der Waals surface area contributed by atoms with Crippen molar-refractivity contribution in [2.24, 2.45) is 0 Å². The summed E-state index contributed by atoms with van der Waals surface area (Å²) in [5.41, 5.74) is 8.11. The summed E-state index contributed by atoms with van der Waals surface area (Å²) >= 11 is 0. The average molecular weight is 254 g/mol. The summed E-state index contributed by atoms with van der Waals surface area (Å²) in [6.07, 6.45) is 3.61. The van der Waals surface area contributed by atoms with Gasteiger partial charge in [-0.05, 0) is 36.6 Å². The van der Waals surface area contributed by atoms with Gasteiger partial charge in [-0.1, -0.05) is 0 Å². The van der Waals surface area contributed by atoms with Crippen LogP contribution in [-0.2, 0) is 15.6 Å². The molecule has 1 aliphatic carbocycles. The van der Waals surface area contributed by atoms with Gasteiger partial charge < -0.3 is 10.6 Å². The zero-order chi connectivity index (χ0) is 12.6. The van der Waals surface area contributed by atoms with Crippen molar-refractivity contribution in [3.8, 4) is 0 Å². The van der Waals surface area contributed by atoms with Gasteiger partial charge in [-0.15, -0.1) is 0 Å². The third-order valence-corrected chi connectivity index (χ3v) is 3.83. The van der Waals surface area contributed by atoms with E-state index in [1.807, 2.05) is 19.2 Å². The minimum absolute atomic E-state index is 0.0461. The van der Waals surface area contributed by atoms with Crippen molar-refractivity contribution in [2.75, 3.05) is 23.9 Å². The lowest BCUT2D eigenvalue weighted by Gasteiger charge is -2.22. The van der Waals surface area contributed by atoms with E-state index in [4.69, 9.17) is 5.73 Å². The van der Waals surface area contributed by atoms with E-state index in [1.54, 1.807) is 6.07 Å². The van der Waals surface area contributed by atoms with Crippen LogP contribution >= 0.6 is 0 Å². The summed E-state index contributed by atoms with van der Waals surface area (Å²) in [4.78, 5) is 2.15. The van der Waals surface area contributed by atoms with Crippen LogP contribution in [0.4, 0.5) is 11.4 Å². The van der Waals surface area contributed by atoms with Crippen molar-refractivity contribution in [3.63, 3.8) is 0 Å². The van der Waals surface area contributed by atoms with Gasteiger partial charge in [0.15, 0.2) is 9.84 Å². The predicted molar refractivity (Wildman–Crippen MR) is 70.8 cm³/mol.